The first-order valence-corrected chi connectivity index (χ1v) is 7.25. The van der Waals surface area contributed by atoms with E-state index in [4.69, 9.17) is 0 Å². The van der Waals surface area contributed by atoms with Crippen molar-refractivity contribution in [3.8, 4) is 0 Å². The van der Waals surface area contributed by atoms with E-state index in [2.05, 4.69) is 20.6 Å². The standard InChI is InChI=1S/C13H23N4O/c18-12(13-14-16-17-15-13)10-6-5-9-11-7-3-1-2-4-8-11/h11-12H,1-10H2,(H,14,15,16,17). The molecule has 1 aliphatic carbocycles. The Balaban J connectivity index is 1.57. The van der Waals surface area contributed by atoms with Gasteiger partial charge in [-0.2, -0.15) is 0 Å². The third kappa shape index (κ3) is 4.37. The molecule has 0 bridgehead atoms. The van der Waals surface area contributed by atoms with Crippen LogP contribution >= 0.6 is 0 Å². The third-order valence-electron chi connectivity index (χ3n) is 3.97. The fraction of sp³-hybridized carbons (Fsp3) is 0.923. The second-order valence-electron chi connectivity index (χ2n) is 5.42. The number of nitrogens with one attached hydrogen (secondary N) is 1. The van der Waals surface area contributed by atoms with Gasteiger partial charge in [-0.25, -0.2) is 10.2 Å². The Kier molecular flexibility index (Phi) is 5.58. The lowest BCUT2D eigenvalue weighted by Crippen LogP contribution is -2.01. The highest BCUT2D eigenvalue weighted by Crippen LogP contribution is 2.27. The molecule has 5 heteroatoms. The molecule has 2 rings (SSSR count). The Morgan fingerprint density at radius 2 is 1.94 bits per heavy atom. The van der Waals surface area contributed by atoms with Crippen molar-refractivity contribution in [2.45, 2.75) is 70.3 Å². The molecule has 5 nitrogen and oxygen atoms in total. The number of H-pyrrole nitrogens is 1. The number of hydrogen-bond acceptors (Lipinski definition) is 3. The summed E-state index contributed by atoms with van der Waals surface area (Å²) in [5.74, 6) is 1.29. The fourth-order valence-corrected chi connectivity index (χ4v) is 2.85. The lowest BCUT2D eigenvalue weighted by molar-refractivity contribution is 0.0706. The third-order valence-corrected chi connectivity index (χ3v) is 3.97. The Hall–Kier alpha value is -0.970. The van der Waals surface area contributed by atoms with E-state index >= 15 is 0 Å². The molecule has 101 valence electrons. The van der Waals surface area contributed by atoms with E-state index < -0.39 is 6.10 Å². The van der Waals surface area contributed by atoms with Crippen LogP contribution in [0, 0.1) is 5.92 Å². The zero-order valence-electron chi connectivity index (χ0n) is 11.0. The highest BCUT2D eigenvalue weighted by Gasteiger charge is 2.15. The highest BCUT2D eigenvalue weighted by molar-refractivity contribution is 4.82. The Bertz CT molecular complexity index is 307. The minimum Gasteiger partial charge on any atom is -0.240 e. The molecular formula is C13H23N4O. The SMILES string of the molecule is [O]C(CCCCC1CCCCCC1)c1nnn[nH]1. The number of unbranched alkanes of at least 4 members (excludes halogenated alkanes) is 1. The molecule has 1 saturated carbocycles. The van der Waals surface area contributed by atoms with E-state index in [1.807, 2.05) is 0 Å². The van der Waals surface area contributed by atoms with Gasteiger partial charge >= 0.3 is 0 Å². The van der Waals surface area contributed by atoms with Crippen LogP contribution in [0.1, 0.15) is 76.1 Å². The van der Waals surface area contributed by atoms with E-state index in [-0.39, 0.29) is 0 Å². The summed E-state index contributed by atoms with van der Waals surface area (Å²) in [5.41, 5.74) is 0. The Morgan fingerprint density at radius 3 is 2.61 bits per heavy atom. The summed E-state index contributed by atoms with van der Waals surface area (Å²) in [6, 6.07) is 0. The van der Waals surface area contributed by atoms with E-state index in [9.17, 15) is 5.11 Å². The molecule has 0 spiro atoms. The first kappa shape index (κ1) is 13.5. The van der Waals surface area contributed by atoms with Crippen molar-refractivity contribution < 1.29 is 5.11 Å². The highest BCUT2D eigenvalue weighted by atomic mass is 16.3. The van der Waals surface area contributed by atoms with Crippen molar-refractivity contribution >= 4 is 0 Å². The summed E-state index contributed by atoms with van der Waals surface area (Å²) in [4.78, 5) is 0. The second-order valence-corrected chi connectivity index (χ2v) is 5.42. The molecule has 1 aromatic rings. The van der Waals surface area contributed by atoms with Gasteiger partial charge in [-0.3, -0.25) is 0 Å². The lowest BCUT2D eigenvalue weighted by Gasteiger charge is -2.13. The van der Waals surface area contributed by atoms with Crippen molar-refractivity contribution in [2.24, 2.45) is 5.92 Å². The van der Waals surface area contributed by atoms with Crippen molar-refractivity contribution in [3.63, 3.8) is 0 Å². The topological polar surface area (TPSA) is 74.4 Å². The van der Waals surface area contributed by atoms with Crippen molar-refractivity contribution in [3.05, 3.63) is 5.82 Å². The van der Waals surface area contributed by atoms with Crippen LogP contribution in [0.2, 0.25) is 0 Å². The van der Waals surface area contributed by atoms with E-state index in [0.29, 0.717) is 12.2 Å². The van der Waals surface area contributed by atoms with Crippen LogP contribution < -0.4 is 0 Å². The van der Waals surface area contributed by atoms with Gasteiger partial charge in [0.15, 0.2) is 11.9 Å². The van der Waals surface area contributed by atoms with Crippen molar-refractivity contribution in [2.75, 3.05) is 0 Å². The normalized spacial score (nSPS) is 19.6. The zero-order chi connectivity index (χ0) is 12.6. The average molecular weight is 251 g/mol. The Labute approximate surface area is 108 Å². The molecule has 1 atom stereocenters. The predicted molar refractivity (Wildman–Crippen MR) is 67.3 cm³/mol. The molecule has 0 aromatic carbocycles. The van der Waals surface area contributed by atoms with Gasteiger partial charge < -0.3 is 0 Å². The second kappa shape index (κ2) is 7.46. The van der Waals surface area contributed by atoms with Gasteiger partial charge in [0.05, 0.1) is 0 Å². The number of nitrogens with zero attached hydrogens (tertiary/aromatic N) is 3. The minimum absolute atomic E-state index is 0.379. The van der Waals surface area contributed by atoms with Crippen molar-refractivity contribution in [1.29, 1.82) is 0 Å². The summed E-state index contributed by atoms with van der Waals surface area (Å²) in [6.45, 7) is 0. The van der Waals surface area contributed by atoms with E-state index in [1.54, 1.807) is 0 Å². The largest absolute Gasteiger partial charge is 0.240 e. The molecule has 1 heterocycles. The number of aromatic amines is 1. The first-order valence-electron chi connectivity index (χ1n) is 7.25. The maximum Gasteiger partial charge on any atom is 0.181 e. The molecule has 1 unspecified atom stereocenters. The Morgan fingerprint density at radius 1 is 1.17 bits per heavy atom. The predicted octanol–water partition coefficient (Wildman–Crippen LogP) is 3.20. The van der Waals surface area contributed by atoms with E-state index in [0.717, 1.165) is 12.3 Å². The maximum absolute atomic E-state index is 11.7. The number of tetrazole rings is 1. The molecule has 1 aromatic heterocycles. The van der Waals surface area contributed by atoms with E-state index in [1.165, 1.54) is 51.4 Å². The molecular weight excluding hydrogens is 228 g/mol. The monoisotopic (exact) mass is 251 g/mol. The lowest BCUT2D eigenvalue weighted by atomic mass is 9.93. The first-order chi connectivity index (χ1) is 8.86. The summed E-state index contributed by atoms with van der Waals surface area (Å²) >= 11 is 0. The number of hydrogen-bond donors (Lipinski definition) is 1. The molecule has 1 fully saturated rings. The van der Waals surface area contributed by atoms with Crippen molar-refractivity contribution in [1.82, 2.24) is 20.6 Å². The summed E-state index contributed by atoms with van der Waals surface area (Å²) in [6.07, 6.45) is 11.7. The number of aromatic nitrogens is 4. The maximum atomic E-state index is 11.7. The van der Waals surface area contributed by atoms with Gasteiger partial charge in [0.25, 0.3) is 0 Å². The summed E-state index contributed by atoms with van der Waals surface area (Å²) < 4.78 is 0. The molecule has 1 N–H and O–H groups in total. The van der Waals surface area contributed by atoms with Gasteiger partial charge in [0.1, 0.15) is 0 Å². The molecule has 1 radical (unpaired) electrons. The smallest absolute Gasteiger partial charge is 0.181 e. The molecule has 0 amide bonds. The van der Waals surface area contributed by atoms with Gasteiger partial charge in [-0.1, -0.05) is 57.8 Å². The van der Waals surface area contributed by atoms with Crippen LogP contribution in [0.25, 0.3) is 0 Å². The number of rotatable bonds is 6. The van der Waals surface area contributed by atoms with Gasteiger partial charge in [0, 0.05) is 0 Å². The van der Waals surface area contributed by atoms with Crippen LogP contribution in [0.4, 0.5) is 0 Å². The molecule has 0 aliphatic heterocycles. The molecule has 1 aliphatic rings. The van der Waals surface area contributed by atoms with Crippen LogP contribution in [-0.4, -0.2) is 20.6 Å². The minimum atomic E-state index is -0.783. The fourth-order valence-electron chi connectivity index (χ4n) is 2.85. The van der Waals surface area contributed by atoms with Crippen LogP contribution in [-0.2, 0) is 5.11 Å². The zero-order valence-corrected chi connectivity index (χ0v) is 11.0. The summed E-state index contributed by atoms with van der Waals surface area (Å²) in [5, 5.41) is 24.8. The quantitative estimate of drug-likeness (QED) is 0.623. The van der Waals surface area contributed by atoms with Crippen LogP contribution in [0.15, 0.2) is 0 Å². The van der Waals surface area contributed by atoms with Crippen LogP contribution in [0.5, 0.6) is 0 Å². The average Bonchev–Trinajstić information content (AvgIpc) is 2.80. The van der Waals surface area contributed by atoms with Gasteiger partial charge in [-0.05, 0) is 22.8 Å². The molecule has 18 heavy (non-hydrogen) atoms. The summed E-state index contributed by atoms with van der Waals surface area (Å²) in [7, 11) is 0. The van der Waals surface area contributed by atoms with Gasteiger partial charge in [-0.15, -0.1) is 5.10 Å². The molecule has 0 saturated heterocycles. The van der Waals surface area contributed by atoms with Crippen LogP contribution in [0.3, 0.4) is 0 Å². The van der Waals surface area contributed by atoms with Gasteiger partial charge in [0.2, 0.25) is 0 Å².